The van der Waals surface area contributed by atoms with Crippen LogP contribution in [-0.4, -0.2) is 66.1 Å². The molecule has 5 nitrogen and oxygen atoms in total. The van der Waals surface area contributed by atoms with E-state index in [0.717, 1.165) is 57.8 Å². The summed E-state index contributed by atoms with van der Waals surface area (Å²) in [5.74, 6) is 0.0672. The van der Waals surface area contributed by atoms with Crippen molar-refractivity contribution in [2.75, 3.05) is 39.4 Å². The van der Waals surface area contributed by atoms with Gasteiger partial charge in [0.05, 0.1) is 6.61 Å². The Balaban J connectivity index is 1.64. The first-order valence-corrected chi connectivity index (χ1v) is 7.78. The van der Waals surface area contributed by atoms with Crippen LogP contribution in [0, 0.1) is 6.92 Å². The molecule has 0 radical (unpaired) electrons. The zero-order valence-electron chi connectivity index (χ0n) is 12.6. The zero-order valence-corrected chi connectivity index (χ0v) is 12.6. The maximum absolute atomic E-state index is 12.6. The first kappa shape index (κ1) is 14.5. The summed E-state index contributed by atoms with van der Waals surface area (Å²) in [5, 5.41) is 0. The number of hydrogen-bond acceptors (Lipinski definition) is 4. The summed E-state index contributed by atoms with van der Waals surface area (Å²) in [6.07, 6.45) is 3.83. The maximum atomic E-state index is 12.6. The van der Waals surface area contributed by atoms with E-state index in [2.05, 4.69) is 9.88 Å². The van der Waals surface area contributed by atoms with E-state index >= 15 is 0 Å². The Labute approximate surface area is 125 Å². The van der Waals surface area contributed by atoms with Gasteiger partial charge in [-0.1, -0.05) is 6.07 Å². The van der Waals surface area contributed by atoms with Crippen molar-refractivity contribution in [1.82, 2.24) is 14.8 Å². The van der Waals surface area contributed by atoms with E-state index < -0.39 is 0 Å². The van der Waals surface area contributed by atoms with E-state index in [1.165, 1.54) is 0 Å². The summed E-state index contributed by atoms with van der Waals surface area (Å²) in [5.41, 5.74) is 1.54. The quantitative estimate of drug-likeness (QED) is 0.824. The van der Waals surface area contributed by atoms with Crippen LogP contribution in [-0.2, 0) is 4.74 Å². The van der Waals surface area contributed by atoms with Crippen LogP contribution in [0.2, 0.25) is 0 Å². The average Bonchev–Trinajstić information content (AvgIpc) is 2.92. The molecule has 2 aliphatic heterocycles. The van der Waals surface area contributed by atoms with Crippen molar-refractivity contribution in [1.29, 1.82) is 0 Å². The Morgan fingerprint density at radius 2 is 2.24 bits per heavy atom. The Morgan fingerprint density at radius 1 is 1.33 bits per heavy atom. The lowest BCUT2D eigenvalue weighted by atomic mass is 10.2. The summed E-state index contributed by atoms with van der Waals surface area (Å²) in [7, 11) is 0. The lowest BCUT2D eigenvalue weighted by Gasteiger charge is -2.26. The molecule has 0 saturated carbocycles. The van der Waals surface area contributed by atoms with Crippen molar-refractivity contribution in [3.63, 3.8) is 0 Å². The monoisotopic (exact) mass is 289 g/mol. The van der Waals surface area contributed by atoms with Crippen LogP contribution in [0.5, 0.6) is 0 Å². The SMILES string of the molecule is Cc1cccnc1C(=O)N1CCCN(C2CCOC2)CC1. The molecule has 1 unspecified atom stereocenters. The van der Waals surface area contributed by atoms with E-state index in [9.17, 15) is 4.79 Å². The van der Waals surface area contributed by atoms with Crippen LogP contribution in [0.15, 0.2) is 18.3 Å². The lowest BCUT2D eigenvalue weighted by molar-refractivity contribution is 0.0750. The third-order valence-electron chi connectivity index (χ3n) is 4.45. The molecule has 21 heavy (non-hydrogen) atoms. The average molecular weight is 289 g/mol. The highest BCUT2D eigenvalue weighted by atomic mass is 16.5. The number of hydrogen-bond donors (Lipinski definition) is 0. The fourth-order valence-electron chi connectivity index (χ4n) is 3.18. The van der Waals surface area contributed by atoms with Crippen LogP contribution >= 0.6 is 0 Å². The lowest BCUT2D eigenvalue weighted by Crippen LogP contribution is -2.40. The smallest absolute Gasteiger partial charge is 0.272 e. The molecule has 2 saturated heterocycles. The van der Waals surface area contributed by atoms with Gasteiger partial charge in [0.15, 0.2) is 0 Å². The molecule has 2 aliphatic rings. The highest BCUT2D eigenvalue weighted by Gasteiger charge is 2.27. The fourth-order valence-corrected chi connectivity index (χ4v) is 3.18. The van der Waals surface area contributed by atoms with Gasteiger partial charge in [0.25, 0.3) is 5.91 Å². The molecule has 0 N–H and O–H groups in total. The number of ether oxygens (including phenoxy) is 1. The minimum absolute atomic E-state index is 0.0672. The Hall–Kier alpha value is -1.46. The number of carbonyl (C=O) groups excluding carboxylic acids is 1. The molecule has 3 rings (SSSR count). The van der Waals surface area contributed by atoms with Gasteiger partial charge in [-0.25, -0.2) is 0 Å². The Bertz CT molecular complexity index is 500. The molecule has 1 aromatic rings. The zero-order chi connectivity index (χ0) is 14.7. The molecule has 0 spiro atoms. The van der Waals surface area contributed by atoms with Gasteiger partial charge in [-0.2, -0.15) is 0 Å². The third-order valence-corrected chi connectivity index (χ3v) is 4.45. The van der Waals surface area contributed by atoms with Crippen molar-refractivity contribution < 1.29 is 9.53 Å². The predicted molar refractivity (Wildman–Crippen MR) is 80.3 cm³/mol. The van der Waals surface area contributed by atoms with E-state index in [1.54, 1.807) is 6.20 Å². The topological polar surface area (TPSA) is 45.7 Å². The first-order valence-electron chi connectivity index (χ1n) is 7.78. The molecule has 0 aliphatic carbocycles. The highest BCUT2D eigenvalue weighted by molar-refractivity contribution is 5.93. The number of aromatic nitrogens is 1. The molecule has 0 aromatic carbocycles. The van der Waals surface area contributed by atoms with E-state index in [0.29, 0.717) is 11.7 Å². The Morgan fingerprint density at radius 3 is 3.00 bits per heavy atom. The van der Waals surface area contributed by atoms with Gasteiger partial charge in [-0.15, -0.1) is 0 Å². The van der Waals surface area contributed by atoms with Crippen molar-refractivity contribution >= 4 is 5.91 Å². The predicted octanol–water partition coefficient (Wildman–Crippen LogP) is 1.33. The molecule has 2 fully saturated rings. The van der Waals surface area contributed by atoms with Gasteiger partial charge in [-0.05, 0) is 31.4 Å². The van der Waals surface area contributed by atoms with Gasteiger partial charge in [-0.3, -0.25) is 14.7 Å². The largest absolute Gasteiger partial charge is 0.380 e. The number of pyridine rings is 1. The van der Waals surface area contributed by atoms with Gasteiger partial charge in [0, 0.05) is 45.0 Å². The number of rotatable bonds is 2. The van der Waals surface area contributed by atoms with E-state index in [1.807, 2.05) is 24.0 Å². The third kappa shape index (κ3) is 3.24. The van der Waals surface area contributed by atoms with E-state index in [4.69, 9.17) is 4.74 Å². The summed E-state index contributed by atoms with van der Waals surface area (Å²) >= 11 is 0. The molecule has 1 atom stereocenters. The van der Waals surface area contributed by atoms with Crippen LogP contribution < -0.4 is 0 Å². The summed E-state index contributed by atoms with van der Waals surface area (Å²) < 4.78 is 5.48. The normalized spacial score (nSPS) is 24.0. The molecular formula is C16H23N3O2. The van der Waals surface area contributed by atoms with Crippen LogP contribution in [0.25, 0.3) is 0 Å². The summed E-state index contributed by atoms with van der Waals surface area (Å²) in [6, 6.07) is 4.35. The fraction of sp³-hybridized carbons (Fsp3) is 0.625. The maximum Gasteiger partial charge on any atom is 0.272 e. The molecule has 5 heteroatoms. The standard InChI is InChI=1S/C16H23N3O2/c1-13-4-2-6-17-15(13)16(20)19-8-3-7-18(9-10-19)14-5-11-21-12-14/h2,4,6,14H,3,5,7-12H2,1H3. The second-order valence-electron chi connectivity index (χ2n) is 5.87. The van der Waals surface area contributed by atoms with Gasteiger partial charge >= 0.3 is 0 Å². The Kier molecular flexibility index (Phi) is 4.51. The summed E-state index contributed by atoms with van der Waals surface area (Å²) in [4.78, 5) is 21.3. The number of nitrogens with zero attached hydrogens (tertiary/aromatic N) is 3. The highest BCUT2D eigenvalue weighted by Crippen LogP contribution is 2.16. The van der Waals surface area contributed by atoms with Gasteiger partial charge in [0.1, 0.15) is 5.69 Å². The molecule has 114 valence electrons. The van der Waals surface area contributed by atoms with E-state index in [-0.39, 0.29) is 5.91 Å². The van der Waals surface area contributed by atoms with Crippen molar-refractivity contribution in [3.05, 3.63) is 29.6 Å². The molecule has 3 heterocycles. The molecule has 1 aromatic heterocycles. The first-order chi connectivity index (χ1) is 10.3. The minimum Gasteiger partial charge on any atom is -0.380 e. The van der Waals surface area contributed by atoms with Crippen molar-refractivity contribution in [2.24, 2.45) is 0 Å². The second-order valence-corrected chi connectivity index (χ2v) is 5.87. The van der Waals surface area contributed by atoms with Crippen LogP contribution in [0.4, 0.5) is 0 Å². The van der Waals surface area contributed by atoms with Crippen molar-refractivity contribution in [3.8, 4) is 0 Å². The summed E-state index contributed by atoms with van der Waals surface area (Å²) in [6.45, 7) is 7.25. The second kappa shape index (κ2) is 6.54. The number of carbonyl (C=O) groups is 1. The molecule has 1 amide bonds. The minimum atomic E-state index is 0.0672. The van der Waals surface area contributed by atoms with Crippen LogP contribution in [0.3, 0.4) is 0 Å². The van der Waals surface area contributed by atoms with Gasteiger partial charge < -0.3 is 9.64 Å². The van der Waals surface area contributed by atoms with Gasteiger partial charge in [0.2, 0.25) is 0 Å². The number of amides is 1. The molecule has 0 bridgehead atoms. The van der Waals surface area contributed by atoms with Crippen LogP contribution in [0.1, 0.15) is 28.9 Å². The number of aryl methyl sites for hydroxylation is 1. The molecular weight excluding hydrogens is 266 g/mol. The van der Waals surface area contributed by atoms with Crippen molar-refractivity contribution in [2.45, 2.75) is 25.8 Å².